The van der Waals surface area contributed by atoms with Gasteiger partial charge in [0.2, 0.25) is 0 Å². The van der Waals surface area contributed by atoms with Gasteiger partial charge in [0.25, 0.3) is 5.91 Å². The van der Waals surface area contributed by atoms with Gasteiger partial charge in [-0.15, -0.1) is 0 Å². The molecule has 0 spiro atoms. The molecule has 7 heteroatoms. The lowest BCUT2D eigenvalue weighted by atomic mass is 10.0. The zero-order valence-electron chi connectivity index (χ0n) is 19.2. The maximum Gasteiger partial charge on any atom is 0.272 e. The van der Waals surface area contributed by atoms with Gasteiger partial charge < -0.3 is 10.1 Å². The average molecular weight is 446 g/mol. The minimum Gasteiger partial charge on any atom is -0.497 e. The molecule has 3 aromatic rings. The number of aromatic nitrogens is 3. The fourth-order valence-corrected chi connectivity index (χ4v) is 4.97. The van der Waals surface area contributed by atoms with Crippen molar-refractivity contribution in [3.63, 3.8) is 0 Å². The third-order valence-corrected chi connectivity index (χ3v) is 6.77. The van der Waals surface area contributed by atoms with Crippen molar-refractivity contribution in [3.8, 4) is 5.75 Å². The van der Waals surface area contributed by atoms with Gasteiger partial charge in [0.05, 0.1) is 13.7 Å². The molecule has 33 heavy (non-hydrogen) atoms. The van der Waals surface area contributed by atoms with Crippen molar-refractivity contribution in [2.75, 3.05) is 13.7 Å². The summed E-state index contributed by atoms with van der Waals surface area (Å²) in [4.78, 5) is 19.8. The molecule has 0 bridgehead atoms. The number of fused-ring (bicyclic) bond motifs is 1. The molecule has 1 amide bonds. The van der Waals surface area contributed by atoms with Gasteiger partial charge in [-0.1, -0.05) is 25.0 Å². The Morgan fingerprint density at radius 1 is 1.06 bits per heavy atom. The number of methoxy groups -OCH3 is 1. The van der Waals surface area contributed by atoms with Crippen LogP contribution in [0.2, 0.25) is 0 Å². The number of benzene rings is 1. The fraction of sp³-hybridized carbons (Fsp3) is 0.423. The molecule has 0 radical (unpaired) electrons. The molecule has 3 heterocycles. The van der Waals surface area contributed by atoms with Crippen molar-refractivity contribution in [1.82, 2.24) is 25.0 Å². The summed E-state index contributed by atoms with van der Waals surface area (Å²) in [5, 5.41) is 8.09. The van der Waals surface area contributed by atoms with Gasteiger partial charge in [-0.2, -0.15) is 5.10 Å². The van der Waals surface area contributed by atoms with Crippen molar-refractivity contribution in [3.05, 3.63) is 76.9 Å². The summed E-state index contributed by atoms with van der Waals surface area (Å²) in [6.45, 7) is 3.16. The van der Waals surface area contributed by atoms with Crippen molar-refractivity contribution in [2.24, 2.45) is 0 Å². The molecular formula is C26H31N5O2. The standard InChI is InChI=1S/C26H31N5O2/c1-33-22-8-6-19(7-9-22)17-31-24-12-15-30(16-20-10-13-27-14-11-20)18-23(24)25(29-31)26(32)28-21-4-2-3-5-21/h6-11,13-14,21H,2-5,12,15-18H2,1H3,(H,28,32). The zero-order chi connectivity index (χ0) is 22.6. The molecule has 0 unspecified atom stereocenters. The van der Waals surface area contributed by atoms with Crippen LogP contribution in [0.3, 0.4) is 0 Å². The first-order chi connectivity index (χ1) is 16.2. The van der Waals surface area contributed by atoms with E-state index in [-0.39, 0.29) is 11.9 Å². The monoisotopic (exact) mass is 445 g/mol. The van der Waals surface area contributed by atoms with E-state index in [0.29, 0.717) is 12.2 Å². The van der Waals surface area contributed by atoms with Crippen LogP contribution in [0.15, 0.2) is 48.8 Å². The summed E-state index contributed by atoms with van der Waals surface area (Å²) in [5.41, 5.74) is 5.21. The van der Waals surface area contributed by atoms with Crippen LogP contribution in [0.5, 0.6) is 5.75 Å². The molecule has 1 aromatic carbocycles. The van der Waals surface area contributed by atoms with Gasteiger partial charge in [-0.25, -0.2) is 0 Å². The number of nitrogens with one attached hydrogen (secondary N) is 1. The molecule has 0 atom stereocenters. The lowest BCUT2D eigenvalue weighted by molar-refractivity contribution is 0.0929. The largest absolute Gasteiger partial charge is 0.497 e. The summed E-state index contributed by atoms with van der Waals surface area (Å²) in [5.74, 6) is 0.807. The molecule has 7 nitrogen and oxygen atoms in total. The highest BCUT2D eigenvalue weighted by Gasteiger charge is 2.29. The van der Waals surface area contributed by atoms with Gasteiger partial charge in [0.1, 0.15) is 5.75 Å². The summed E-state index contributed by atoms with van der Waals surface area (Å²) in [7, 11) is 1.67. The van der Waals surface area contributed by atoms with Crippen molar-refractivity contribution in [2.45, 2.75) is 57.8 Å². The summed E-state index contributed by atoms with van der Waals surface area (Å²) >= 11 is 0. The van der Waals surface area contributed by atoms with Crippen LogP contribution in [0, 0.1) is 0 Å². The van der Waals surface area contributed by atoms with Crippen LogP contribution in [-0.2, 0) is 26.1 Å². The average Bonchev–Trinajstić information content (AvgIpc) is 3.48. The second-order valence-corrected chi connectivity index (χ2v) is 9.05. The number of nitrogens with zero attached hydrogens (tertiary/aromatic N) is 4. The van der Waals surface area contributed by atoms with Gasteiger partial charge in [0, 0.05) is 55.7 Å². The summed E-state index contributed by atoms with van der Waals surface area (Å²) in [6.07, 6.45) is 9.04. The van der Waals surface area contributed by atoms with E-state index in [0.717, 1.165) is 55.8 Å². The Hall–Kier alpha value is -3.19. The third kappa shape index (κ3) is 4.93. The third-order valence-electron chi connectivity index (χ3n) is 6.77. The first-order valence-corrected chi connectivity index (χ1v) is 11.8. The van der Waals surface area contributed by atoms with Crippen LogP contribution >= 0.6 is 0 Å². The number of hydrogen-bond acceptors (Lipinski definition) is 5. The molecule has 172 valence electrons. The van der Waals surface area contributed by atoms with Crippen LogP contribution in [0.1, 0.15) is 58.6 Å². The number of ether oxygens (including phenoxy) is 1. The lowest BCUT2D eigenvalue weighted by Crippen LogP contribution is -2.35. The molecular weight excluding hydrogens is 414 g/mol. The number of amides is 1. The van der Waals surface area contributed by atoms with Crippen molar-refractivity contribution < 1.29 is 9.53 Å². The Labute approximate surface area is 194 Å². The Balaban J connectivity index is 1.40. The maximum absolute atomic E-state index is 13.3. The van der Waals surface area contributed by atoms with E-state index in [1.807, 2.05) is 29.2 Å². The van der Waals surface area contributed by atoms with E-state index >= 15 is 0 Å². The van der Waals surface area contributed by atoms with Gasteiger partial charge in [-0.05, 0) is 48.2 Å². The zero-order valence-corrected chi connectivity index (χ0v) is 19.2. The number of pyridine rings is 1. The molecule has 1 aliphatic heterocycles. The number of carbonyl (C=O) groups is 1. The first kappa shape index (κ1) is 21.6. The number of rotatable bonds is 7. The minimum atomic E-state index is -0.0302. The molecule has 5 rings (SSSR count). The van der Waals surface area contributed by atoms with Crippen LogP contribution in [-0.4, -0.2) is 45.3 Å². The fourth-order valence-electron chi connectivity index (χ4n) is 4.97. The molecule has 1 aliphatic carbocycles. The lowest BCUT2D eigenvalue weighted by Gasteiger charge is -2.27. The second-order valence-electron chi connectivity index (χ2n) is 9.05. The summed E-state index contributed by atoms with van der Waals surface area (Å²) in [6, 6.07) is 12.4. The Kier molecular flexibility index (Phi) is 6.39. The maximum atomic E-state index is 13.3. The second kappa shape index (κ2) is 9.75. The predicted molar refractivity (Wildman–Crippen MR) is 126 cm³/mol. The topological polar surface area (TPSA) is 72.3 Å². The molecule has 1 N–H and O–H groups in total. The van der Waals surface area contributed by atoms with Gasteiger partial charge in [0.15, 0.2) is 5.69 Å². The quantitative estimate of drug-likeness (QED) is 0.602. The Morgan fingerprint density at radius 3 is 2.52 bits per heavy atom. The predicted octanol–water partition coefficient (Wildman–Crippen LogP) is 3.57. The number of carbonyl (C=O) groups excluding carboxylic acids is 1. The van der Waals surface area contributed by atoms with Gasteiger partial charge in [-0.3, -0.25) is 19.4 Å². The minimum absolute atomic E-state index is 0.0302. The Morgan fingerprint density at radius 2 is 1.79 bits per heavy atom. The van der Waals surface area contributed by atoms with Crippen LogP contribution < -0.4 is 10.1 Å². The smallest absolute Gasteiger partial charge is 0.272 e. The SMILES string of the molecule is COc1ccc(Cn2nc(C(=O)NC3CCCC3)c3c2CCN(Cc2ccncc2)C3)cc1. The highest BCUT2D eigenvalue weighted by Crippen LogP contribution is 2.26. The normalized spacial score (nSPS) is 16.5. The molecule has 1 fully saturated rings. The van der Waals surface area contributed by atoms with Gasteiger partial charge >= 0.3 is 0 Å². The molecule has 2 aromatic heterocycles. The van der Waals surface area contributed by atoms with E-state index in [9.17, 15) is 4.79 Å². The van der Waals surface area contributed by atoms with Crippen LogP contribution in [0.4, 0.5) is 0 Å². The van der Waals surface area contributed by atoms with Crippen LogP contribution in [0.25, 0.3) is 0 Å². The van der Waals surface area contributed by atoms with E-state index in [4.69, 9.17) is 9.84 Å². The summed E-state index contributed by atoms with van der Waals surface area (Å²) < 4.78 is 7.32. The highest BCUT2D eigenvalue weighted by molar-refractivity contribution is 5.94. The van der Waals surface area contributed by atoms with E-state index in [1.165, 1.54) is 24.1 Å². The number of hydrogen-bond donors (Lipinski definition) is 1. The van der Waals surface area contributed by atoms with Crippen molar-refractivity contribution >= 4 is 5.91 Å². The van der Waals surface area contributed by atoms with E-state index < -0.39 is 0 Å². The first-order valence-electron chi connectivity index (χ1n) is 11.8. The van der Waals surface area contributed by atoms with E-state index in [2.05, 4.69) is 39.5 Å². The molecule has 1 saturated carbocycles. The highest BCUT2D eigenvalue weighted by atomic mass is 16.5. The molecule has 0 saturated heterocycles. The van der Waals surface area contributed by atoms with Crippen molar-refractivity contribution in [1.29, 1.82) is 0 Å². The molecule has 2 aliphatic rings. The Bertz CT molecular complexity index is 1090. The van der Waals surface area contributed by atoms with E-state index in [1.54, 1.807) is 7.11 Å².